The van der Waals surface area contributed by atoms with Gasteiger partial charge in [0.2, 0.25) is 0 Å². The summed E-state index contributed by atoms with van der Waals surface area (Å²) in [5.74, 6) is 0.783. The standard InChI is InChI=1S/C56H108O6/c1-6-7-8-9-10-11-12-13-14-15-16-17-18-22-25-31-36-41-46-54(57)60-49-53(50-61-55(58)47-42-37-32-28-27-30-35-40-45-52(4)5)62-56(59)48-43-38-33-26-23-20-19-21-24-29-34-39-44-51(2)3/h51-53H,6-50H2,1-5H3/t53-/m0/s1. The highest BCUT2D eigenvalue weighted by molar-refractivity contribution is 5.71. The third kappa shape index (κ3) is 49.4. The molecule has 0 rings (SSSR count). The zero-order valence-electron chi connectivity index (χ0n) is 42.5. The number of carbonyl (C=O) groups excluding carboxylic acids is 3. The highest BCUT2D eigenvalue weighted by Gasteiger charge is 2.19. The van der Waals surface area contributed by atoms with E-state index < -0.39 is 6.10 Å². The van der Waals surface area contributed by atoms with Gasteiger partial charge in [-0.2, -0.15) is 0 Å². The van der Waals surface area contributed by atoms with Gasteiger partial charge < -0.3 is 14.2 Å². The van der Waals surface area contributed by atoms with Crippen LogP contribution in [0.4, 0.5) is 0 Å². The maximum atomic E-state index is 12.8. The van der Waals surface area contributed by atoms with Crippen molar-refractivity contribution in [2.75, 3.05) is 13.2 Å². The quantitative estimate of drug-likeness (QED) is 0.0344. The minimum absolute atomic E-state index is 0.0635. The van der Waals surface area contributed by atoms with Crippen LogP contribution in [0.1, 0.15) is 311 Å². The fourth-order valence-electron chi connectivity index (χ4n) is 8.52. The number of ether oxygens (including phenoxy) is 3. The Balaban J connectivity index is 4.27. The highest BCUT2D eigenvalue weighted by Crippen LogP contribution is 2.18. The van der Waals surface area contributed by atoms with Gasteiger partial charge in [0.15, 0.2) is 6.10 Å². The van der Waals surface area contributed by atoms with E-state index in [2.05, 4.69) is 34.6 Å². The van der Waals surface area contributed by atoms with Crippen molar-refractivity contribution in [1.29, 1.82) is 0 Å². The molecule has 62 heavy (non-hydrogen) atoms. The lowest BCUT2D eigenvalue weighted by molar-refractivity contribution is -0.167. The maximum absolute atomic E-state index is 12.8. The molecule has 0 spiro atoms. The average Bonchev–Trinajstić information content (AvgIpc) is 3.24. The molecule has 0 unspecified atom stereocenters. The van der Waals surface area contributed by atoms with Crippen LogP contribution in [-0.2, 0) is 28.6 Å². The molecule has 6 nitrogen and oxygen atoms in total. The van der Waals surface area contributed by atoms with Crippen molar-refractivity contribution in [3.63, 3.8) is 0 Å². The molecule has 0 aromatic heterocycles. The zero-order valence-corrected chi connectivity index (χ0v) is 42.5. The summed E-state index contributed by atoms with van der Waals surface area (Å²) in [7, 11) is 0. The molecule has 0 aromatic carbocycles. The first kappa shape index (κ1) is 60.4. The van der Waals surface area contributed by atoms with E-state index in [0.29, 0.717) is 19.3 Å². The first-order chi connectivity index (χ1) is 30.2. The SMILES string of the molecule is CCCCCCCCCCCCCCCCCCCCC(=O)OC[C@@H](COC(=O)CCCCCCCCCCC(C)C)OC(=O)CCCCCCCCCCCCCCC(C)C. The van der Waals surface area contributed by atoms with Gasteiger partial charge >= 0.3 is 17.9 Å². The van der Waals surface area contributed by atoms with Crippen LogP contribution >= 0.6 is 0 Å². The molecule has 0 aliphatic heterocycles. The number of rotatable bonds is 50. The first-order valence-electron chi connectivity index (χ1n) is 27.7. The molecular weight excluding hydrogens is 769 g/mol. The third-order valence-electron chi connectivity index (χ3n) is 12.7. The molecule has 6 heteroatoms. The van der Waals surface area contributed by atoms with Gasteiger partial charge in [-0.05, 0) is 31.1 Å². The number of hydrogen-bond donors (Lipinski definition) is 0. The van der Waals surface area contributed by atoms with Gasteiger partial charge in [0.05, 0.1) is 0 Å². The number of carbonyl (C=O) groups is 3. The molecule has 0 aromatic rings. The second kappa shape index (κ2) is 48.9. The van der Waals surface area contributed by atoms with Crippen molar-refractivity contribution in [2.24, 2.45) is 11.8 Å². The largest absolute Gasteiger partial charge is 0.462 e. The first-order valence-corrected chi connectivity index (χ1v) is 27.7. The lowest BCUT2D eigenvalue weighted by atomic mass is 10.0. The molecule has 0 saturated carbocycles. The number of unbranched alkanes of at least 4 members (excludes halogenated alkanes) is 35. The van der Waals surface area contributed by atoms with E-state index in [4.69, 9.17) is 14.2 Å². The maximum Gasteiger partial charge on any atom is 0.306 e. The van der Waals surface area contributed by atoms with Gasteiger partial charge in [0, 0.05) is 19.3 Å². The predicted octanol–water partition coefficient (Wildman–Crippen LogP) is 18.1. The van der Waals surface area contributed by atoms with E-state index in [-0.39, 0.29) is 31.1 Å². The van der Waals surface area contributed by atoms with Crippen LogP contribution in [0.2, 0.25) is 0 Å². The topological polar surface area (TPSA) is 78.9 Å². The van der Waals surface area contributed by atoms with E-state index in [9.17, 15) is 14.4 Å². The van der Waals surface area contributed by atoms with Crippen LogP contribution in [0.3, 0.4) is 0 Å². The molecule has 0 radical (unpaired) electrons. The lowest BCUT2D eigenvalue weighted by Gasteiger charge is -2.18. The van der Waals surface area contributed by atoms with E-state index in [1.807, 2.05) is 0 Å². The average molecular weight is 877 g/mol. The summed E-state index contributed by atoms with van der Waals surface area (Å²) in [5.41, 5.74) is 0. The fraction of sp³-hybridized carbons (Fsp3) is 0.946. The number of hydrogen-bond acceptors (Lipinski definition) is 6. The van der Waals surface area contributed by atoms with Crippen LogP contribution < -0.4 is 0 Å². The normalized spacial score (nSPS) is 12.0. The van der Waals surface area contributed by atoms with E-state index in [0.717, 1.165) is 69.6 Å². The molecule has 0 N–H and O–H groups in total. The zero-order chi connectivity index (χ0) is 45.4. The van der Waals surface area contributed by atoms with Gasteiger partial charge in [-0.15, -0.1) is 0 Å². The summed E-state index contributed by atoms with van der Waals surface area (Å²) >= 11 is 0. The molecule has 0 bridgehead atoms. The second-order valence-corrected chi connectivity index (χ2v) is 20.2. The Morgan fingerprint density at radius 2 is 0.532 bits per heavy atom. The fourth-order valence-corrected chi connectivity index (χ4v) is 8.52. The summed E-state index contributed by atoms with van der Waals surface area (Å²) < 4.78 is 16.8. The summed E-state index contributed by atoms with van der Waals surface area (Å²) in [5, 5.41) is 0. The molecule has 0 aliphatic carbocycles. The molecule has 0 amide bonds. The Labute approximate surface area is 387 Å². The van der Waals surface area contributed by atoms with E-state index in [1.165, 1.54) is 199 Å². The van der Waals surface area contributed by atoms with Crippen molar-refractivity contribution in [3.05, 3.63) is 0 Å². The van der Waals surface area contributed by atoms with Crippen LogP contribution in [0.15, 0.2) is 0 Å². The molecule has 1 atom stereocenters. The van der Waals surface area contributed by atoms with Crippen LogP contribution in [0.5, 0.6) is 0 Å². The molecular formula is C56H108O6. The van der Waals surface area contributed by atoms with Gasteiger partial charge in [-0.3, -0.25) is 14.4 Å². The minimum Gasteiger partial charge on any atom is -0.462 e. The summed E-state index contributed by atoms with van der Waals surface area (Å²) in [6, 6.07) is 0. The molecule has 368 valence electrons. The summed E-state index contributed by atoms with van der Waals surface area (Å²) in [6.07, 6.45) is 51.0. The van der Waals surface area contributed by atoms with Gasteiger partial charge in [0.25, 0.3) is 0 Å². The van der Waals surface area contributed by atoms with E-state index >= 15 is 0 Å². The molecule has 0 saturated heterocycles. The molecule has 0 fully saturated rings. The van der Waals surface area contributed by atoms with Crippen LogP contribution in [0, 0.1) is 11.8 Å². The molecule has 0 aliphatic rings. The Morgan fingerprint density at radius 3 is 0.790 bits per heavy atom. The summed E-state index contributed by atoms with van der Waals surface area (Å²) in [4.78, 5) is 38.0. The monoisotopic (exact) mass is 877 g/mol. The summed E-state index contributed by atoms with van der Waals surface area (Å²) in [6.45, 7) is 11.4. The van der Waals surface area contributed by atoms with Gasteiger partial charge in [-0.1, -0.05) is 272 Å². The Kier molecular flexibility index (Phi) is 47.6. The van der Waals surface area contributed by atoms with Crippen molar-refractivity contribution in [3.8, 4) is 0 Å². The van der Waals surface area contributed by atoms with Gasteiger partial charge in [0.1, 0.15) is 13.2 Å². The van der Waals surface area contributed by atoms with Crippen molar-refractivity contribution >= 4 is 17.9 Å². The predicted molar refractivity (Wildman–Crippen MR) is 266 cm³/mol. The highest BCUT2D eigenvalue weighted by atomic mass is 16.6. The van der Waals surface area contributed by atoms with Crippen LogP contribution in [0.25, 0.3) is 0 Å². The minimum atomic E-state index is -0.762. The van der Waals surface area contributed by atoms with Crippen molar-refractivity contribution < 1.29 is 28.6 Å². The lowest BCUT2D eigenvalue weighted by Crippen LogP contribution is -2.30. The van der Waals surface area contributed by atoms with Crippen molar-refractivity contribution in [1.82, 2.24) is 0 Å². The second-order valence-electron chi connectivity index (χ2n) is 20.2. The Bertz CT molecular complexity index is 947. The van der Waals surface area contributed by atoms with Crippen molar-refractivity contribution in [2.45, 2.75) is 317 Å². The molecule has 0 heterocycles. The smallest absolute Gasteiger partial charge is 0.306 e. The van der Waals surface area contributed by atoms with Crippen LogP contribution in [-0.4, -0.2) is 37.2 Å². The van der Waals surface area contributed by atoms with Gasteiger partial charge in [-0.25, -0.2) is 0 Å². The van der Waals surface area contributed by atoms with E-state index in [1.54, 1.807) is 0 Å². The Hall–Kier alpha value is -1.59. The Morgan fingerprint density at radius 1 is 0.306 bits per heavy atom. The third-order valence-corrected chi connectivity index (χ3v) is 12.7. The number of esters is 3.